The molecule has 0 radical (unpaired) electrons. The number of benzene rings is 3. The van der Waals surface area contributed by atoms with Gasteiger partial charge in [-0.1, -0.05) is 24.3 Å². The first-order valence-electron chi connectivity index (χ1n) is 12.7. The van der Waals surface area contributed by atoms with Gasteiger partial charge >= 0.3 is 5.97 Å². The molecule has 3 aromatic carbocycles. The molecule has 8 nitrogen and oxygen atoms in total. The van der Waals surface area contributed by atoms with E-state index in [1.165, 1.54) is 55.6 Å². The molecule has 0 saturated heterocycles. The van der Waals surface area contributed by atoms with Crippen LogP contribution in [0.4, 0.5) is 18.9 Å². The number of methoxy groups -OCH3 is 1. The first-order valence-corrected chi connectivity index (χ1v) is 12.7. The van der Waals surface area contributed by atoms with Crippen molar-refractivity contribution in [1.29, 1.82) is 0 Å². The molecule has 0 saturated carbocycles. The van der Waals surface area contributed by atoms with Gasteiger partial charge in [0.05, 0.1) is 35.5 Å². The second-order valence-corrected chi connectivity index (χ2v) is 9.30. The molecule has 5 rings (SSSR count). The van der Waals surface area contributed by atoms with Crippen LogP contribution < -0.4 is 4.74 Å². The lowest BCUT2D eigenvalue weighted by Crippen LogP contribution is -2.10. The van der Waals surface area contributed by atoms with Gasteiger partial charge in [0.2, 0.25) is 5.88 Å². The van der Waals surface area contributed by atoms with Crippen LogP contribution in [-0.2, 0) is 24.3 Å². The molecule has 0 bridgehead atoms. The van der Waals surface area contributed by atoms with Crippen molar-refractivity contribution in [3.8, 4) is 17.1 Å². The van der Waals surface area contributed by atoms with E-state index >= 15 is 8.78 Å². The third-order valence-corrected chi connectivity index (χ3v) is 6.64. The number of hydrogen-bond donors (Lipinski definition) is 1. The number of halogens is 3. The number of ether oxygens (including phenoxy) is 2. The minimum Gasteiger partial charge on any atom is -0.478 e. The Balaban J connectivity index is 1.40. The van der Waals surface area contributed by atoms with Crippen molar-refractivity contribution in [2.24, 2.45) is 0 Å². The Labute approximate surface area is 238 Å². The van der Waals surface area contributed by atoms with Crippen LogP contribution >= 0.6 is 0 Å². The van der Waals surface area contributed by atoms with Gasteiger partial charge in [0.25, 0.3) is 0 Å². The lowest BCUT2D eigenvalue weighted by atomic mass is 10.0. The predicted octanol–water partition coefficient (Wildman–Crippen LogP) is 6.58. The van der Waals surface area contributed by atoms with Crippen molar-refractivity contribution < 1.29 is 32.5 Å². The summed E-state index contributed by atoms with van der Waals surface area (Å²) in [6.45, 7) is 7.42. The summed E-state index contributed by atoms with van der Waals surface area (Å²) in [6, 6.07) is 15.9. The van der Waals surface area contributed by atoms with Crippen LogP contribution in [0.15, 0.2) is 66.7 Å². The molecule has 212 valence electrons. The highest BCUT2D eigenvalue weighted by Crippen LogP contribution is 2.29. The molecule has 5 aromatic rings. The Morgan fingerprint density at radius 1 is 1.00 bits per heavy atom. The van der Waals surface area contributed by atoms with E-state index in [0.717, 1.165) is 6.07 Å². The number of carboxylic acids is 1. The van der Waals surface area contributed by atoms with E-state index in [1.807, 2.05) is 0 Å². The lowest BCUT2D eigenvalue weighted by Gasteiger charge is -2.12. The van der Waals surface area contributed by atoms with Crippen LogP contribution in [0.2, 0.25) is 0 Å². The first kappa shape index (κ1) is 28.3. The number of carbonyl (C=O) groups is 1. The van der Waals surface area contributed by atoms with Crippen LogP contribution in [0.3, 0.4) is 0 Å². The van der Waals surface area contributed by atoms with Gasteiger partial charge in [0.15, 0.2) is 17.3 Å². The minimum absolute atomic E-state index is 0.0504. The van der Waals surface area contributed by atoms with Crippen molar-refractivity contribution in [2.45, 2.75) is 19.6 Å². The van der Waals surface area contributed by atoms with Crippen molar-refractivity contribution >= 4 is 22.7 Å². The second-order valence-electron chi connectivity index (χ2n) is 9.30. The molecule has 0 aliphatic rings. The molecular formula is C31H23F3N4O4. The summed E-state index contributed by atoms with van der Waals surface area (Å²) in [5.41, 5.74) is 1.60. The Kier molecular flexibility index (Phi) is 8.17. The van der Waals surface area contributed by atoms with Crippen LogP contribution in [0.5, 0.6) is 5.88 Å². The van der Waals surface area contributed by atoms with E-state index in [9.17, 15) is 14.3 Å². The maximum absolute atomic E-state index is 15.4. The number of fused-ring (bicyclic) bond motifs is 1. The number of carboxylic acid groups (broad SMARTS) is 1. The average molecular weight is 573 g/mol. The van der Waals surface area contributed by atoms with Gasteiger partial charge in [0.1, 0.15) is 18.2 Å². The van der Waals surface area contributed by atoms with Gasteiger partial charge in [-0.05, 0) is 42.0 Å². The molecule has 11 heteroatoms. The molecule has 0 atom stereocenters. The SMILES string of the molecule is [C-]#[N+]c1ccc(COc2cccc(-c3ccc(Cc4nc5ccc(C(=O)O)cc5n4CCOC)c(F)c3F)n2)c(F)c1. The van der Waals surface area contributed by atoms with Gasteiger partial charge in [-0.3, -0.25) is 0 Å². The molecule has 0 spiro atoms. The lowest BCUT2D eigenvalue weighted by molar-refractivity contribution is 0.0697. The molecule has 0 aliphatic heterocycles. The van der Waals surface area contributed by atoms with E-state index < -0.39 is 23.4 Å². The summed E-state index contributed by atoms with van der Waals surface area (Å²) in [5.74, 6) is -3.36. The standard InChI is InChI=1S/C31H23F3N4O4/c1-35-21-9-6-20(23(32)16-21)17-42-28-5-3-4-24(37-28)22-10-7-18(29(33)30(22)34)15-27-36-25-11-8-19(31(39)40)14-26(25)38(27)12-13-41-2/h3-11,14,16H,12-13,15,17H2,2H3,(H,39,40). The number of nitrogens with zero attached hydrogens (tertiary/aromatic N) is 4. The number of aromatic carboxylic acids is 1. The Hall–Kier alpha value is -5.21. The zero-order valence-electron chi connectivity index (χ0n) is 22.3. The summed E-state index contributed by atoms with van der Waals surface area (Å²) in [6.07, 6.45) is -0.0573. The molecular weight excluding hydrogens is 549 g/mol. The molecule has 0 unspecified atom stereocenters. The fourth-order valence-electron chi connectivity index (χ4n) is 4.49. The van der Waals surface area contributed by atoms with E-state index in [4.69, 9.17) is 16.0 Å². The topological polar surface area (TPSA) is 90.8 Å². The zero-order valence-corrected chi connectivity index (χ0v) is 22.3. The largest absolute Gasteiger partial charge is 0.478 e. The van der Waals surface area contributed by atoms with Gasteiger partial charge in [-0.25, -0.2) is 32.8 Å². The highest BCUT2D eigenvalue weighted by Gasteiger charge is 2.20. The minimum atomic E-state index is -1.11. The number of hydrogen-bond acceptors (Lipinski definition) is 5. The summed E-state index contributed by atoms with van der Waals surface area (Å²) in [7, 11) is 1.52. The Bertz CT molecular complexity index is 1850. The fraction of sp³-hybridized carbons (Fsp3) is 0.161. The summed E-state index contributed by atoms with van der Waals surface area (Å²) >= 11 is 0. The van der Waals surface area contributed by atoms with Crippen LogP contribution in [0.1, 0.15) is 27.3 Å². The molecule has 42 heavy (non-hydrogen) atoms. The highest BCUT2D eigenvalue weighted by atomic mass is 19.2. The molecule has 2 aromatic heterocycles. The van der Waals surface area contributed by atoms with E-state index in [2.05, 4.69) is 14.8 Å². The monoisotopic (exact) mass is 572 g/mol. The molecule has 0 amide bonds. The van der Waals surface area contributed by atoms with Gasteiger partial charge in [-0.2, -0.15) is 0 Å². The number of aromatic nitrogens is 3. The average Bonchev–Trinajstić information content (AvgIpc) is 3.33. The summed E-state index contributed by atoms with van der Waals surface area (Å²) in [4.78, 5) is 23.4. The van der Waals surface area contributed by atoms with Crippen molar-refractivity contribution in [1.82, 2.24) is 14.5 Å². The maximum Gasteiger partial charge on any atom is 0.335 e. The summed E-state index contributed by atoms with van der Waals surface area (Å²) < 4.78 is 57.4. The predicted molar refractivity (Wildman–Crippen MR) is 148 cm³/mol. The van der Waals surface area contributed by atoms with Crippen molar-refractivity contribution in [2.75, 3.05) is 13.7 Å². The first-order chi connectivity index (χ1) is 20.3. The molecule has 2 heterocycles. The smallest absolute Gasteiger partial charge is 0.335 e. The normalized spacial score (nSPS) is 11.0. The number of pyridine rings is 1. The van der Waals surface area contributed by atoms with E-state index in [1.54, 1.807) is 16.7 Å². The second kappa shape index (κ2) is 12.1. The molecule has 1 N–H and O–H groups in total. The van der Waals surface area contributed by atoms with Crippen LogP contribution in [0.25, 0.3) is 27.1 Å². The quantitative estimate of drug-likeness (QED) is 0.190. The van der Waals surface area contributed by atoms with E-state index in [-0.39, 0.29) is 52.5 Å². The number of imidazole rings is 1. The van der Waals surface area contributed by atoms with E-state index in [0.29, 0.717) is 30.0 Å². The Morgan fingerprint density at radius 3 is 2.55 bits per heavy atom. The van der Waals surface area contributed by atoms with Gasteiger partial charge in [0, 0.05) is 37.3 Å². The van der Waals surface area contributed by atoms with Gasteiger partial charge in [-0.15, -0.1) is 0 Å². The number of rotatable bonds is 10. The highest BCUT2D eigenvalue weighted by molar-refractivity contribution is 5.92. The summed E-state index contributed by atoms with van der Waals surface area (Å²) in [5, 5.41) is 9.39. The Morgan fingerprint density at radius 2 is 1.81 bits per heavy atom. The molecule has 0 fully saturated rings. The fourth-order valence-corrected chi connectivity index (χ4v) is 4.49. The van der Waals surface area contributed by atoms with Crippen LogP contribution in [0, 0.1) is 24.0 Å². The maximum atomic E-state index is 15.4. The zero-order chi connectivity index (χ0) is 29.8. The third kappa shape index (κ3) is 5.80. The molecule has 0 aliphatic carbocycles. The van der Waals surface area contributed by atoms with Crippen molar-refractivity contribution in [3.05, 3.63) is 118 Å². The third-order valence-electron chi connectivity index (χ3n) is 6.64. The van der Waals surface area contributed by atoms with Gasteiger partial charge < -0.3 is 19.1 Å². The van der Waals surface area contributed by atoms with Crippen LogP contribution in [-0.4, -0.2) is 39.3 Å². The van der Waals surface area contributed by atoms with Crippen molar-refractivity contribution in [3.63, 3.8) is 0 Å².